The van der Waals surface area contributed by atoms with Gasteiger partial charge in [-0.2, -0.15) is 0 Å². The van der Waals surface area contributed by atoms with E-state index in [0.717, 1.165) is 0 Å². The Hall–Kier alpha value is -0.660. The number of carboxylic acids is 1. The van der Waals surface area contributed by atoms with Crippen LogP contribution in [0.2, 0.25) is 0 Å². The van der Waals surface area contributed by atoms with Gasteiger partial charge in [-0.05, 0) is 19.3 Å². The molecule has 17 heavy (non-hydrogen) atoms. The quantitative estimate of drug-likeness (QED) is 0.665. The zero-order valence-corrected chi connectivity index (χ0v) is 11.5. The average molecular weight is 267 g/mol. The number of aliphatic carboxylic acids is 1. The molecule has 0 amide bonds. The third-order valence-electron chi connectivity index (χ3n) is 2.24. The van der Waals surface area contributed by atoms with Gasteiger partial charge in [-0.25, -0.2) is 13.1 Å². The molecule has 0 aromatic carbocycles. The molecule has 0 rings (SSSR count). The van der Waals surface area contributed by atoms with Gasteiger partial charge in [-0.15, -0.1) is 0 Å². The van der Waals surface area contributed by atoms with Crippen molar-refractivity contribution >= 4 is 16.0 Å². The summed E-state index contributed by atoms with van der Waals surface area (Å²) < 4.78 is 30.5. The number of carbonyl (C=O) groups is 1. The molecule has 102 valence electrons. The molecule has 0 saturated heterocycles. The SMILES string of the molecule is COCC(C)S(=O)(=O)N[C@H](CC(C)C)C(=O)O. The molecule has 0 aromatic heterocycles. The number of rotatable bonds is 8. The van der Waals surface area contributed by atoms with Crippen LogP contribution in [0, 0.1) is 5.92 Å². The summed E-state index contributed by atoms with van der Waals surface area (Å²) in [6.45, 7) is 5.18. The van der Waals surface area contributed by atoms with Gasteiger partial charge in [-0.3, -0.25) is 4.79 Å². The van der Waals surface area contributed by atoms with E-state index in [1.807, 2.05) is 13.8 Å². The van der Waals surface area contributed by atoms with Gasteiger partial charge in [0.25, 0.3) is 0 Å². The van der Waals surface area contributed by atoms with Crippen molar-refractivity contribution in [2.24, 2.45) is 5.92 Å². The van der Waals surface area contributed by atoms with E-state index in [2.05, 4.69) is 4.72 Å². The van der Waals surface area contributed by atoms with Crippen molar-refractivity contribution < 1.29 is 23.1 Å². The lowest BCUT2D eigenvalue weighted by Crippen LogP contribution is -2.46. The van der Waals surface area contributed by atoms with Gasteiger partial charge in [0.15, 0.2) is 0 Å². The van der Waals surface area contributed by atoms with Crippen LogP contribution in [0.15, 0.2) is 0 Å². The Kier molecular flexibility index (Phi) is 6.66. The molecule has 0 aliphatic carbocycles. The minimum atomic E-state index is -3.67. The summed E-state index contributed by atoms with van der Waals surface area (Å²) in [5.41, 5.74) is 0. The molecule has 2 atom stereocenters. The van der Waals surface area contributed by atoms with Crippen LogP contribution in [0.4, 0.5) is 0 Å². The standard InChI is InChI=1S/C10H21NO5S/c1-7(2)5-9(10(12)13)11-17(14,15)8(3)6-16-4/h7-9,11H,5-6H2,1-4H3,(H,12,13)/t8?,9-/m1/s1. The van der Waals surface area contributed by atoms with Crippen molar-refractivity contribution in [2.75, 3.05) is 13.7 Å². The second-order valence-corrected chi connectivity index (χ2v) is 6.58. The van der Waals surface area contributed by atoms with E-state index in [0.29, 0.717) is 0 Å². The van der Waals surface area contributed by atoms with E-state index in [1.54, 1.807) is 0 Å². The zero-order valence-electron chi connectivity index (χ0n) is 10.6. The highest BCUT2D eigenvalue weighted by atomic mass is 32.2. The minimum absolute atomic E-state index is 0.0311. The van der Waals surface area contributed by atoms with Crippen molar-refractivity contribution in [2.45, 2.75) is 38.5 Å². The van der Waals surface area contributed by atoms with Crippen LogP contribution in [0.25, 0.3) is 0 Å². The molecule has 0 bridgehead atoms. The van der Waals surface area contributed by atoms with Crippen molar-refractivity contribution in [3.05, 3.63) is 0 Å². The molecule has 7 heteroatoms. The van der Waals surface area contributed by atoms with Crippen molar-refractivity contribution in [3.8, 4) is 0 Å². The molecule has 2 N–H and O–H groups in total. The number of sulfonamides is 1. The molecule has 6 nitrogen and oxygen atoms in total. The Labute approximate surface area is 102 Å². The van der Waals surface area contributed by atoms with Crippen LogP contribution in [-0.4, -0.2) is 44.5 Å². The Balaban J connectivity index is 4.69. The van der Waals surface area contributed by atoms with E-state index in [1.165, 1.54) is 14.0 Å². The van der Waals surface area contributed by atoms with Crippen molar-refractivity contribution in [1.82, 2.24) is 4.72 Å². The van der Waals surface area contributed by atoms with Gasteiger partial charge >= 0.3 is 5.97 Å². The van der Waals surface area contributed by atoms with E-state index < -0.39 is 27.3 Å². The molecule has 1 unspecified atom stereocenters. The van der Waals surface area contributed by atoms with E-state index in [9.17, 15) is 13.2 Å². The maximum atomic E-state index is 11.8. The maximum Gasteiger partial charge on any atom is 0.321 e. The molecular weight excluding hydrogens is 246 g/mol. The first-order valence-corrected chi connectivity index (χ1v) is 6.98. The summed E-state index contributed by atoms with van der Waals surface area (Å²) in [5, 5.41) is 8.16. The lowest BCUT2D eigenvalue weighted by Gasteiger charge is -2.19. The smallest absolute Gasteiger partial charge is 0.321 e. The summed E-state index contributed by atoms with van der Waals surface area (Å²) in [7, 11) is -2.27. The largest absolute Gasteiger partial charge is 0.480 e. The summed E-state index contributed by atoms with van der Waals surface area (Å²) in [6.07, 6.45) is 0.258. The van der Waals surface area contributed by atoms with Gasteiger partial charge in [0.1, 0.15) is 6.04 Å². The van der Waals surface area contributed by atoms with Gasteiger partial charge in [0.05, 0.1) is 11.9 Å². The third-order valence-corrected chi connectivity index (χ3v) is 4.05. The summed E-state index contributed by atoms with van der Waals surface area (Å²) in [6, 6.07) is -1.08. The zero-order chi connectivity index (χ0) is 13.6. The number of hydrogen-bond acceptors (Lipinski definition) is 4. The van der Waals surface area contributed by atoms with Crippen molar-refractivity contribution in [1.29, 1.82) is 0 Å². The molecule has 0 aliphatic rings. The maximum absolute atomic E-state index is 11.8. The van der Waals surface area contributed by atoms with Crippen LogP contribution < -0.4 is 4.72 Å². The molecule has 0 aromatic rings. The lowest BCUT2D eigenvalue weighted by atomic mass is 10.1. The molecule has 0 fully saturated rings. The summed E-state index contributed by atoms with van der Waals surface area (Å²) in [5.74, 6) is -1.07. The topological polar surface area (TPSA) is 92.7 Å². The van der Waals surface area contributed by atoms with Gasteiger partial charge in [0, 0.05) is 7.11 Å². The van der Waals surface area contributed by atoms with Crippen LogP contribution in [-0.2, 0) is 19.6 Å². The van der Waals surface area contributed by atoms with Crippen LogP contribution in [0.1, 0.15) is 27.2 Å². The number of carboxylic acid groups (broad SMARTS) is 1. The van der Waals surface area contributed by atoms with Crippen LogP contribution >= 0.6 is 0 Å². The highest BCUT2D eigenvalue weighted by Gasteiger charge is 2.28. The van der Waals surface area contributed by atoms with E-state index >= 15 is 0 Å². The number of nitrogens with one attached hydrogen (secondary N) is 1. The fourth-order valence-corrected chi connectivity index (χ4v) is 2.45. The van der Waals surface area contributed by atoms with Crippen LogP contribution in [0.5, 0.6) is 0 Å². The predicted molar refractivity (Wildman–Crippen MR) is 64.3 cm³/mol. The molecule has 0 heterocycles. The highest BCUT2D eigenvalue weighted by Crippen LogP contribution is 2.08. The van der Waals surface area contributed by atoms with Crippen molar-refractivity contribution in [3.63, 3.8) is 0 Å². The number of hydrogen-bond donors (Lipinski definition) is 2. The van der Waals surface area contributed by atoms with Gasteiger partial charge in [0.2, 0.25) is 10.0 Å². The average Bonchev–Trinajstić information content (AvgIpc) is 2.15. The Bertz CT molecular complexity index is 339. The summed E-state index contributed by atoms with van der Waals surface area (Å²) in [4.78, 5) is 10.9. The Morgan fingerprint density at radius 2 is 1.88 bits per heavy atom. The Morgan fingerprint density at radius 1 is 1.35 bits per heavy atom. The second-order valence-electron chi connectivity index (χ2n) is 4.45. The van der Waals surface area contributed by atoms with Gasteiger partial charge in [-0.1, -0.05) is 13.8 Å². The predicted octanol–water partition coefficient (Wildman–Crippen LogP) is 0.440. The molecule has 0 saturated carbocycles. The lowest BCUT2D eigenvalue weighted by molar-refractivity contribution is -0.139. The third kappa shape index (κ3) is 5.99. The number of methoxy groups -OCH3 is 1. The number of ether oxygens (including phenoxy) is 1. The normalized spacial score (nSPS) is 15.8. The fourth-order valence-electron chi connectivity index (χ4n) is 1.31. The molecular formula is C10H21NO5S. The van der Waals surface area contributed by atoms with E-state index in [-0.39, 0.29) is 18.9 Å². The Morgan fingerprint density at radius 3 is 2.24 bits per heavy atom. The molecule has 0 aliphatic heterocycles. The first-order valence-electron chi connectivity index (χ1n) is 5.43. The summed E-state index contributed by atoms with van der Waals surface area (Å²) >= 11 is 0. The molecule has 0 radical (unpaired) electrons. The van der Waals surface area contributed by atoms with Crippen LogP contribution in [0.3, 0.4) is 0 Å². The fraction of sp³-hybridized carbons (Fsp3) is 0.900. The first-order chi connectivity index (χ1) is 7.70. The van der Waals surface area contributed by atoms with E-state index in [4.69, 9.17) is 9.84 Å². The van der Waals surface area contributed by atoms with Gasteiger partial charge < -0.3 is 9.84 Å². The second kappa shape index (κ2) is 6.93. The minimum Gasteiger partial charge on any atom is -0.480 e. The first kappa shape index (κ1) is 16.3. The monoisotopic (exact) mass is 267 g/mol. The highest BCUT2D eigenvalue weighted by molar-refractivity contribution is 7.90. The molecule has 0 spiro atoms.